The fourth-order valence-corrected chi connectivity index (χ4v) is 3.87. The number of nitrogens with zero attached hydrogens (tertiary/aromatic N) is 1. The highest BCUT2D eigenvalue weighted by Gasteiger charge is 2.14. The zero-order valence-electron chi connectivity index (χ0n) is 15.3. The Hall–Kier alpha value is -2.98. The van der Waals surface area contributed by atoms with Crippen LogP contribution in [0.2, 0.25) is 0 Å². The van der Waals surface area contributed by atoms with Crippen LogP contribution in [-0.2, 0) is 6.54 Å². The number of amides is 1. The molecular weight excluding hydrogens is 352 g/mol. The van der Waals surface area contributed by atoms with Gasteiger partial charge in [0.25, 0.3) is 5.91 Å². The van der Waals surface area contributed by atoms with Crippen LogP contribution in [0.5, 0.6) is 0 Å². The molecule has 0 bridgehead atoms. The summed E-state index contributed by atoms with van der Waals surface area (Å²) in [6.07, 6.45) is 0. The van der Waals surface area contributed by atoms with Crippen LogP contribution in [0.25, 0.3) is 21.5 Å². The van der Waals surface area contributed by atoms with Gasteiger partial charge in [0, 0.05) is 16.8 Å². The molecule has 0 radical (unpaired) electrons. The quantitative estimate of drug-likeness (QED) is 0.513. The Morgan fingerprint density at radius 2 is 1.78 bits per heavy atom. The molecule has 0 atom stereocenters. The average Bonchev–Trinajstić information content (AvgIpc) is 3.13. The second-order valence-electron chi connectivity index (χ2n) is 6.65. The van der Waals surface area contributed by atoms with E-state index in [0.717, 1.165) is 27.0 Å². The van der Waals surface area contributed by atoms with Crippen LogP contribution < -0.4 is 5.32 Å². The van der Waals surface area contributed by atoms with Gasteiger partial charge in [0.05, 0.1) is 21.7 Å². The molecule has 0 aliphatic carbocycles. The number of pyridine rings is 1. The van der Waals surface area contributed by atoms with E-state index in [-0.39, 0.29) is 5.91 Å². The summed E-state index contributed by atoms with van der Waals surface area (Å²) in [4.78, 5) is 20.0. The van der Waals surface area contributed by atoms with Crippen molar-refractivity contribution in [1.82, 2.24) is 10.3 Å². The predicted octanol–water partition coefficient (Wildman–Crippen LogP) is 5.51. The Morgan fingerprint density at radius 3 is 2.52 bits per heavy atom. The van der Waals surface area contributed by atoms with Gasteiger partial charge >= 0.3 is 0 Å². The lowest BCUT2D eigenvalue weighted by atomic mass is 10.1. The van der Waals surface area contributed by atoms with Crippen LogP contribution in [0.4, 0.5) is 0 Å². The molecule has 0 aliphatic heterocycles. The Labute approximate surface area is 162 Å². The first kappa shape index (κ1) is 17.4. The van der Waals surface area contributed by atoms with Gasteiger partial charge in [-0.2, -0.15) is 0 Å². The van der Waals surface area contributed by atoms with Crippen molar-refractivity contribution in [2.75, 3.05) is 0 Å². The minimum atomic E-state index is -0.0799. The van der Waals surface area contributed by atoms with Crippen LogP contribution in [-0.4, -0.2) is 10.9 Å². The first-order valence-electron chi connectivity index (χ1n) is 8.90. The average molecular weight is 372 g/mol. The second-order valence-corrected chi connectivity index (χ2v) is 7.94. The molecule has 0 saturated heterocycles. The highest BCUT2D eigenvalue weighted by atomic mass is 32.1. The van der Waals surface area contributed by atoms with Crippen molar-refractivity contribution in [3.63, 3.8) is 0 Å². The number of aryl methyl sites for hydroxylation is 2. The molecule has 134 valence electrons. The van der Waals surface area contributed by atoms with Crippen LogP contribution in [0.3, 0.4) is 0 Å². The van der Waals surface area contributed by atoms with E-state index >= 15 is 0 Å². The molecule has 2 aromatic carbocycles. The van der Waals surface area contributed by atoms with Crippen molar-refractivity contribution in [3.05, 3.63) is 88.3 Å². The molecule has 2 aromatic heterocycles. The summed E-state index contributed by atoms with van der Waals surface area (Å²) in [5, 5.41) is 3.92. The van der Waals surface area contributed by atoms with Gasteiger partial charge in [0.2, 0.25) is 0 Å². The van der Waals surface area contributed by atoms with E-state index in [9.17, 15) is 4.79 Å². The third-order valence-corrected chi connectivity index (χ3v) is 5.55. The van der Waals surface area contributed by atoms with Crippen molar-refractivity contribution in [3.8, 4) is 10.6 Å². The maximum atomic E-state index is 13.0. The van der Waals surface area contributed by atoms with Crippen LogP contribution in [0.1, 0.15) is 26.4 Å². The van der Waals surface area contributed by atoms with Gasteiger partial charge in [-0.1, -0.05) is 48.0 Å². The minimum Gasteiger partial charge on any atom is -0.348 e. The number of fused-ring (bicyclic) bond motifs is 1. The van der Waals surface area contributed by atoms with Crippen LogP contribution in [0, 0.1) is 13.8 Å². The van der Waals surface area contributed by atoms with Gasteiger partial charge in [0.15, 0.2) is 0 Å². The van der Waals surface area contributed by atoms with Gasteiger partial charge in [0.1, 0.15) is 0 Å². The Morgan fingerprint density at radius 1 is 1.00 bits per heavy atom. The van der Waals surface area contributed by atoms with E-state index in [0.29, 0.717) is 12.1 Å². The number of thiophene rings is 1. The predicted molar refractivity (Wildman–Crippen MR) is 112 cm³/mol. The normalized spacial score (nSPS) is 10.9. The number of aromatic nitrogens is 1. The molecule has 2 heterocycles. The molecular formula is C23H20N2OS. The number of para-hydroxylation sites is 1. The largest absolute Gasteiger partial charge is 0.348 e. The van der Waals surface area contributed by atoms with Gasteiger partial charge in [-0.25, -0.2) is 4.98 Å². The topological polar surface area (TPSA) is 42.0 Å². The minimum absolute atomic E-state index is 0.0799. The molecule has 0 fully saturated rings. The third-order valence-electron chi connectivity index (χ3n) is 4.53. The SMILES string of the molecule is Cc1ccc(CNC(=O)c2cc(-c3ccc(C)s3)nc3ccccc23)cc1. The molecule has 0 saturated carbocycles. The maximum Gasteiger partial charge on any atom is 0.252 e. The molecule has 4 aromatic rings. The molecule has 3 nitrogen and oxygen atoms in total. The van der Waals surface area contributed by atoms with Crippen molar-refractivity contribution in [1.29, 1.82) is 0 Å². The van der Waals surface area contributed by atoms with Gasteiger partial charge < -0.3 is 5.32 Å². The Bertz CT molecular complexity index is 1110. The monoisotopic (exact) mass is 372 g/mol. The molecule has 27 heavy (non-hydrogen) atoms. The summed E-state index contributed by atoms with van der Waals surface area (Å²) >= 11 is 1.69. The van der Waals surface area contributed by atoms with Crippen molar-refractivity contribution < 1.29 is 4.79 Å². The third kappa shape index (κ3) is 3.76. The lowest BCUT2D eigenvalue weighted by Gasteiger charge is -2.10. The zero-order chi connectivity index (χ0) is 18.8. The maximum absolute atomic E-state index is 13.0. The summed E-state index contributed by atoms with van der Waals surface area (Å²) in [5.74, 6) is -0.0799. The molecule has 4 heteroatoms. The second kappa shape index (κ2) is 7.33. The molecule has 0 spiro atoms. The number of nitrogens with one attached hydrogen (secondary N) is 1. The number of rotatable bonds is 4. The first-order chi connectivity index (χ1) is 13.1. The summed E-state index contributed by atoms with van der Waals surface area (Å²) < 4.78 is 0. The number of carbonyl (C=O) groups is 1. The van der Waals surface area contributed by atoms with Gasteiger partial charge in [-0.3, -0.25) is 4.79 Å². The molecule has 1 N–H and O–H groups in total. The number of carbonyl (C=O) groups excluding carboxylic acids is 1. The standard InChI is InChI=1S/C23H20N2OS/c1-15-7-10-17(11-8-15)14-24-23(26)19-13-21(22-12-9-16(2)27-22)25-20-6-4-3-5-18(19)20/h3-13H,14H2,1-2H3,(H,24,26). The van der Waals surface area contributed by atoms with Crippen LogP contribution in [0.15, 0.2) is 66.7 Å². The van der Waals surface area contributed by atoms with E-state index in [4.69, 9.17) is 4.98 Å². The summed E-state index contributed by atoms with van der Waals surface area (Å²) in [6, 6.07) is 22.0. The number of hydrogen-bond donors (Lipinski definition) is 1. The summed E-state index contributed by atoms with van der Waals surface area (Å²) in [6.45, 7) is 4.63. The fraction of sp³-hybridized carbons (Fsp3) is 0.130. The lowest BCUT2D eigenvalue weighted by Crippen LogP contribution is -2.23. The van der Waals surface area contributed by atoms with E-state index in [1.807, 2.05) is 42.5 Å². The lowest BCUT2D eigenvalue weighted by molar-refractivity contribution is 0.0952. The highest BCUT2D eigenvalue weighted by molar-refractivity contribution is 7.15. The Kier molecular flexibility index (Phi) is 4.73. The zero-order valence-corrected chi connectivity index (χ0v) is 16.1. The highest BCUT2D eigenvalue weighted by Crippen LogP contribution is 2.29. The van der Waals surface area contributed by atoms with Crippen molar-refractivity contribution in [2.24, 2.45) is 0 Å². The van der Waals surface area contributed by atoms with E-state index < -0.39 is 0 Å². The number of hydrogen-bond acceptors (Lipinski definition) is 3. The molecule has 1 amide bonds. The first-order valence-corrected chi connectivity index (χ1v) is 9.72. The van der Waals surface area contributed by atoms with E-state index in [1.54, 1.807) is 11.3 Å². The van der Waals surface area contributed by atoms with Gasteiger partial charge in [-0.05, 0) is 43.7 Å². The van der Waals surface area contributed by atoms with Crippen molar-refractivity contribution in [2.45, 2.75) is 20.4 Å². The molecule has 0 aliphatic rings. The van der Waals surface area contributed by atoms with E-state index in [1.165, 1.54) is 10.4 Å². The van der Waals surface area contributed by atoms with Gasteiger partial charge in [-0.15, -0.1) is 11.3 Å². The summed E-state index contributed by atoms with van der Waals surface area (Å²) in [7, 11) is 0. The Balaban J connectivity index is 1.68. The smallest absolute Gasteiger partial charge is 0.252 e. The summed E-state index contributed by atoms with van der Waals surface area (Å²) in [5.41, 5.74) is 4.63. The fourth-order valence-electron chi connectivity index (χ4n) is 3.05. The molecule has 4 rings (SSSR count). The van der Waals surface area contributed by atoms with Crippen LogP contribution >= 0.6 is 11.3 Å². The molecule has 0 unspecified atom stereocenters. The van der Waals surface area contributed by atoms with E-state index in [2.05, 4.69) is 43.4 Å². The number of benzene rings is 2. The van der Waals surface area contributed by atoms with Crippen molar-refractivity contribution >= 4 is 28.1 Å².